The molecule has 3 nitrogen and oxygen atoms in total. The Morgan fingerprint density at radius 3 is 2.86 bits per heavy atom. The van der Waals surface area contributed by atoms with Gasteiger partial charge in [-0.15, -0.1) is 0 Å². The number of aliphatic hydroxyl groups is 1. The van der Waals surface area contributed by atoms with Crippen LogP contribution >= 0.6 is 0 Å². The molecule has 0 radical (unpaired) electrons. The molecule has 0 unspecified atom stereocenters. The first-order valence-electron chi connectivity index (χ1n) is 4.50. The lowest BCUT2D eigenvalue weighted by Crippen LogP contribution is -1.93. The number of aliphatic hydroxyl groups excluding tert-OH is 1. The number of benzene rings is 1. The van der Waals surface area contributed by atoms with E-state index in [1.807, 2.05) is 24.3 Å². The van der Waals surface area contributed by atoms with Crippen LogP contribution in [0.25, 0.3) is 11.5 Å². The molecule has 3 heteroatoms. The van der Waals surface area contributed by atoms with Crippen molar-refractivity contribution in [2.75, 3.05) is 6.61 Å². The number of aromatic nitrogens is 1. The number of hydrogen-bond acceptors (Lipinski definition) is 3. The predicted molar refractivity (Wildman–Crippen MR) is 52.7 cm³/mol. The van der Waals surface area contributed by atoms with Crippen molar-refractivity contribution >= 4 is 0 Å². The van der Waals surface area contributed by atoms with Gasteiger partial charge < -0.3 is 9.52 Å². The van der Waals surface area contributed by atoms with Crippen molar-refractivity contribution in [1.29, 1.82) is 0 Å². The van der Waals surface area contributed by atoms with Gasteiger partial charge in [0.2, 0.25) is 5.89 Å². The van der Waals surface area contributed by atoms with Gasteiger partial charge in [0.1, 0.15) is 6.26 Å². The molecule has 0 saturated carbocycles. The molecule has 0 aliphatic carbocycles. The van der Waals surface area contributed by atoms with E-state index in [1.54, 1.807) is 12.5 Å². The lowest BCUT2D eigenvalue weighted by Gasteiger charge is -2.03. The maximum Gasteiger partial charge on any atom is 0.226 e. The summed E-state index contributed by atoms with van der Waals surface area (Å²) in [5, 5.41) is 8.89. The SMILES string of the molecule is OCCc1ccccc1-c1ncco1. The highest BCUT2D eigenvalue weighted by atomic mass is 16.3. The minimum Gasteiger partial charge on any atom is -0.445 e. The zero-order valence-corrected chi connectivity index (χ0v) is 7.68. The molecular weight excluding hydrogens is 178 g/mol. The van der Waals surface area contributed by atoms with Crippen LogP contribution in [0.4, 0.5) is 0 Å². The molecule has 0 saturated heterocycles. The average molecular weight is 189 g/mol. The quantitative estimate of drug-likeness (QED) is 0.801. The Labute approximate surface area is 82.0 Å². The molecule has 2 aromatic rings. The molecule has 1 aromatic heterocycles. The topological polar surface area (TPSA) is 46.3 Å². The maximum atomic E-state index is 8.89. The van der Waals surface area contributed by atoms with Crippen molar-refractivity contribution in [3.63, 3.8) is 0 Å². The van der Waals surface area contributed by atoms with Crippen molar-refractivity contribution < 1.29 is 9.52 Å². The fourth-order valence-corrected chi connectivity index (χ4v) is 1.42. The third-order valence-corrected chi connectivity index (χ3v) is 2.06. The summed E-state index contributed by atoms with van der Waals surface area (Å²) in [6.45, 7) is 0.137. The third-order valence-electron chi connectivity index (χ3n) is 2.06. The number of rotatable bonds is 3. The third kappa shape index (κ3) is 1.67. The van der Waals surface area contributed by atoms with Crippen LogP contribution in [-0.4, -0.2) is 16.7 Å². The zero-order valence-electron chi connectivity index (χ0n) is 7.68. The Bertz CT molecular complexity index is 395. The number of nitrogens with zero attached hydrogens (tertiary/aromatic N) is 1. The van der Waals surface area contributed by atoms with Gasteiger partial charge in [0.25, 0.3) is 0 Å². The van der Waals surface area contributed by atoms with Gasteiger partial charge in [0.15, 0.2) is 0 Å². The van der Waals surface area contributed by atoms with E-state index in [4.69, 9.17) is 9.52 Å². The van der Waals surface area contributed by atoms with Crippen LogP contribution in [0.2, 0.25) is 0 Å². The lowest BCUT2D eigenvalue weighted by atomic mass is 10.1. The first kappa shape index (κ1) is 8.97. The molecule has 0 fully saturated rings. The molecule has 1 aromatic carbocycles. The van der Waals surface area contributed by atoms with Gasteiger partial charge in [0, 0.05) is 12.2 Å². The first-order valence-corrected chi connectivity index (χ1v) is 4.50. The van der Waals surface area contributed by atoms with Crippen LogP contribution < -0.4 is 0 Å². The van der Waals surface area contributed by atoms with E-state index < -0.39 is 0 Å². The Morgan fingerprint density at radius 2 is 2.14 bits per heavy atom. The van der Waals surface area contributed by atoms with E-state index in [9.17, 15) is 0 Å². The molecule has 0 amide bonds. The second kappa shape index (κ2) is 4.07. The molecular formula is C11H11NO2. The normalized spacial score (nSPS) is 10.4. The Hall–Kier alpha value is -1.61. The predicted octanol–water partition coefficient (Wildman–Crippen LogP) is 1.88. The fourth-order valence-electron chi connectivity index (χ4n) is 1.42. The van der Waals surface area contributed by atoms with E-state index in [2.05, 4.69) is 4.98 Å². The minimum absolute atomic E-state index is 0.137. The Morgan fingerprint density at radius 1 is 1.29 bits per heavy atom. The van der Waals surface area contributed by atoms with Crippen molar-refractivity contribution in [2.45, 2.75) is 6.42 Å². The van der Waals surface area contributed by atoms with Gasteiger partial charge in [-0.1, -0.05) is 18.2 Å². The summed E-state index contributed by atoms with van der Waals surface area (Å²) in [5.74, 6) is 0.606. The van der Waals surface area contributed by atoms with Gasteiger partial charge >= 0.3 is 0 Å². The van der Waals surface area contributed by atoms with Gasteiger partial charge in [-0.2, -0.15) is 0 Å². The first-order chi connectivity index (χ1) is 6.92. The highest BCUT2D eigenvalue weighted by Crippen LogP contribution is 2.21. The fraction of sp³-hybridized carbons (Fsp3) is 0.182. The number of oxazole rings is 1. The van der Waals surface area contributed by atoms with Crippen LogP contribution in [-0.2, 0) is 6.42 Å². The van der Waals surface area contributed by atoms with Crippen LogP contribution in [0.15, 0.2) is 41.1 Å². The molecule has 1 heterocycles. The summed E-state index contributed by atoms with van der Waals surface area (Å²) in [6.07, 6.45) is 3.79. The summed E-state index contributed by atoms with van der Waals surface area (Å²) in [6, 6.07) is 7.78. The van der Waals surface area contributed by atoms with E-state index >= 15 is 0 Å². The summed E-state index contributed by atoms with van der Waals surface area (Å²) in [4.78, 5) is 4.08. The van der Waals surface area contributed by atoms with E-state index in [0.717, 1.165) is 11.1 Å². The van der Waals surface area contributed by atoms with E-state index in [0.29, 0.717) is 12.3 Å². The molecule has 0 aliphatic rings. The Balaban J connectivity index is 2.42. The molecule has 0 bridgehead atoms. The van der Waals surface area contributed by atoms with Crippen molar-refractivity contribution in [3.8, 4) is 11.5 Å². The molecule has 0 atom stereocenters. The van der Waals surface area contributed by atoms with Crippen molar-refractivity contribution in [3.05, 3.63) is 42.3 Å². The lowest BCUT2D eigenvalue weighted by molar-refractivity contribution is 0.299. The monoisotopic (exact) mass is 189 g/mol. The van der Waals surface area contributed by atoms with Gasteiger partial charge in [-0.25, -0.2) is 4.98 Å². The molecule has 0 spiro atoms. The second-order valence-corrected chi connectivity index (χ2v) is 2.97. The largest absolute Gasteiger partial charge is 0.445 e. The average Bonchev–Trinajstić information content (AvgIpc) is 2.72. The molecule has 14 heavy (non-hydrogen) atoms. The Kier molecular flexibility index (Phi) is 2.60. The summed E-state index contributed by atoms with van der Waals surface area (Å²) in [5.41, 5.74) is 2.00. The van der Waals surface area contributed by atoms with Crippen LogP contribution in [0.3, 0.4) is 0 Å². The molecule has 0 aliphatic heterocycles. The highest BCUT2D eigenvalue weighted by molar-refractivity contribution is 5.58. The zero-order chi connectivity index (χ0) is 9.80. The van der Waals surface area contributed by atoms with E-state index in [1.165, 1.54) is 0 Å². The molecule has 72 valence electrons. The molecule has 2 rings (SSSR count). The van der Waals surface area contributed by atoms with Crippen molar-refractivity contribution in [1.82, 2.24) is 4.98 Å². The highest BCUT2D eigenvalue weighted by Gasteiger charge is 2.06. The second-order valence-electron chi connectivity index (χ2n) is 2.97. The van der Waals surface area contributed by atoms with Crippen LogP contribution in [0.5, 0.6) is 0 Å². The standard InChI is InChI=1S/C11H11NO2/c13-7-5-9-3-1-2-4-10(9)11-12-6-8-14-11/h1-4,6,8,13H,5,7H2. The van der Waals surface area contributed by atoms with Crippen molar-refractivity contribution in [2.24, 2.45) is 0 Å². The van der Waals surface area contributed by atoms with E-state index in [-0.39, 0.29) is 6.61 Å². The summed E-state index contributed by atoms with van der Waals surface area (Å²) < 4.78 is 5.21. The summed E-state index contributed by atoms with van der Waals surface area (Å²) >= 11 is 0. The summed E-state index contributed by atoms with van der Waals surface area (Å²) in [7, 11) is 0. The van der Waals surface area contributed by atoms with Crippen LogP contribution in [0, 0.1) is 0 Å². The van der Waals surface area contributed by atoms with Gasteiger partial charge in [-0.3, -0.25) is 0 Å². The van der Waals surface area contributed by atoms with Crippen LogP contribution in [0.1, 0.15) is 5.56 Å². The smallest absolute Gasteiger partial charge is 0.226 e. The molecule has 1 N–H and O–H groups in total. The number of hydrogen-bond donors (Lipinski definition) is 1. The van der Waals surface area contributed by atoms with Gasteiger partial charge in [0.05, 0.1) is 6.20 Å². The maximum absolute atomic E-state index is 8.89. The van der Waals surface area contributed by atoms with Gasteiger partial charge in [-0.05, 0) is 18.1 Å². The minimum atomic E-state index is 0.137.